The summed E-state index contributed by atoms with van der Waals surface area (Å²) in [5, 5.41) is 14.5. The lowest BCUT2D eigenvalue weighted by molar-refractivity contribution is 0.180. The van der Waals surface area contributed by atoms with Crippen LogP contribution in [0.25, 0.3) is 0 Å². The van der Waals surface area contributed by atoms with Crippen LogP contribution in [0.2, 0.25) is 0 Å². The van der Waals surface area contributed by atoms with Crippen molar-refractivity contribution in [2.24, 2.45) is 0 Å². The maximum Gasteiger partial charge on any atom is 0.0957 e. The molecule has 1 aromatic heterocycles. The first-order chi connectivity index (χ1) is 9.11. The maximum absolute atomic E-state index is 10.4. The predicted molar refractivity (Wildman–Crippen MR) is 78.5 cm³/mol. The normalized spacial score (nSPS) is 12.6. The molecule has 2 rings (SSSR count). The molecule has 0 saturated heterocycles. The van der Waals surface area contributed by atoms with Gasteiger partial charge in [0.25, 0.3) is 0 Å². The first kappa shape index (κ1) is 14.2. The van der Waals surface area contributed by atoms with E-state index in [2.05, 4.69) is 48.6 Å². The number of nitrogens with zero attached hydrogens (tertiary/aromatic N) is 2. The molecular weight excluding hydrogens is 256 g/mol. The van der Waals surface area contributed by atoms with Gasteiger partial charge in [0, 0.05) is 6.42 Å². The van der Waals surface area contributed by atoms with Gasteiger partial charge in [0.2, 0.25) is 0 Å². The number of hydrogen-bond donors (Lipinski definition) is 1. The topological polar surface area (TPSA) is 46.0 Å². The highest BCUT2D eigenvalue weighted by Crippen LogP contribution is 2.26. The standard InChI is InChI=1S/C15H20N2OS/c1-4-5-13-15(19-17-16-13)14(18)9-12-8-10(2)6-7-11(12)3/h6-8,14,18H,4-5,9H2,1-3H3. The van der Waals surface area contributed by atoms with E-state index in [1.165, 1.54) is 28.2 Å². The Kier molecular flexibility index (Phi) is 4.66. The van der Waals surface area contributed by atoms with Gasteiger partial charge in [0.1, 0.15) is 0 Å². The van der Waals surface area contributed by atoms with Gasteiger partial charge in [-0.15, -0.1) is 5.10 Å². The largest absolute Gasteiger partial charge is 0.387 e. The third-order valence-electron chi connectivity index (χ3n) is 3.29. The summed E-state index contributed by atoms with van der Waals surface area (Å²) in [6.45, 7) is 6.27. The van der Waals surface area contributed by atoms with Gasteiger partial charge in [-0.25, -0.2) is 0 Å². The molecule has 3 nitrogen and oxygen atoms in total. The number of benzene rings is 1. The fourth-order valence-electron chi connectivity index (χ4n) is 2.20. The van der Waals surface area contributed by atoms with E-state index >= 15 is 0 Å². The van der Waals surface area contributed by atoms with Crippen molar-refractivity contribution in [1.29, 1.82) is 0 Å². The van der Waals surface area contributed by atoms with Crippen molar-refractivity contribution >= 4 is 11.5 Å². The summed E-state index contributed by atoms with van der Waals surface area (Å²) >= 11 is 1.32. The van der Waals surface area contributed by atoms with Gasteiger partial charge in [0.05, 0.1) is 16.7 Å². The molecule has 1 unspecified atom stereocenters. The second-order valence-corrected chi connectivity index (χ2v) is 5.77. The molecule has 0 fully saturated rings. The summed E-state index contributed by atoms with van der Waals surface area (Å²) in [5.41, 5.74) is 4.59. The van der Waals surface area contributed by atoms with Crippen LogP contribution in [0, 0.1) is 13.8 Å². The van der Waals surface area contributed by atoms with E-state index in [9.17, 15) is 5.11 Å². The Hall–Kier alpha value is -1.26. The van der Waals surface area contributed by atoms with Crippen LogP contribution in [0.5, 0.6) is 0 Å². The molecule has 1 aromatic carbocycles. The Bertz CT molecular complexity index is 551. The lowest BCUT2D eigenvalue weighted by atomic mass is 9.99. The smallest absolute Gasteiger partial charge is 0.0957 e. The predicted octanol–water partition coefficient (Wildman–Crippen LogP) is 3.38. The Morgan fingerprint density at radius 1 is 1.32 bits per heavy atom. The number of aromatic nitrogens is 2. The Balaban J connectivity index is 2.18. The SMILES string of the molecule is CCCc1nnsc1C(O)Cc1cc(C)ccc1C. The van der Waals surface area contributed by atoms with Crippen molar-refractivity contribution in [3.05, 3.63) is 45.5 Å². The molecule has 1 atom stereocenters. The van der Waals surface area contributed by atoms with Gasteiger partial charge in [-0.3, -0.25) is 0 Å². The molecule has 0 aliphatic heterocycles. The molecule has 102 valence electrons. The van der Waals surface area contributed by atoms with E-state index in [0.717, 1.165) is 23.4 Å². The fraction of sp³-hybridized carbons (Fsp3) is 0.467. The molecule has 0 spiro atoms. The monoisotopic (exact) mass is 276 g/mol. The van der Waals surface area contributed by atoms with Crippen LogP contribution in [0.3, 0.4) is 0 Å². The van der Waals surface area contributed by atoms with E-state index in [4.69, 9.17) is 0 Å². The van der Waals surface area contributed by atoms with Crippen molar-refractivity contribution in [3.63, 3.8) is 0 Å². The molecule has 19 heavy (non-hydrogen) atoms. The van der Waals surface area contributed by atoms with Crippen LogP contribution in [0.15, 0.2) is 18.2 Å². The third-order valence-corrected chi connectivity index (χ3v) is 4.16. The molecule has 2 aromatic rings. The van der Waals surface area contributed by atoms with E-state index < -0.39 is 6.10 Å². The minimum Gasteiger partial charge on any atom is -0.387 e. The average molecular weight is 276 g/mol. The van der Waals surface area contributed by atoms with E-state index in [1.807, 2.05) is 0 Å². The molecule has 1 N–H and O–H groups in total. The molecule has 0 bridgehead atoms. The van der Waals surface area contributed by atoms with Crippen LogP contribution >= 0.6 is 11.5 Å². The van der Waals surface area contributed by atoms with Crippen molar-refractivity contribution in [2.45, 2.75) is 46.1 Å². The summed E-state index contributed by atoms with van der Waals surface area (Å²) in [7, 11) is 0. The fourth-order valence-corrected chi connectivity index (χ4v) is 2.88. The Morgan fingerprint density at radius 2 is 2.11 bits per heavy atom. The molecule has 0 aliphatic rings. The van der Waals surface area contributed by atoms with Crippen molar-refractivity contribution < 1.29 is 5.11 Å². The van der Waals surface area contributed by atoms with Gasteiger partial charge in [-0.2, -0.15) is 0 Å². The number of aliphatic hydroxyl groups is 1. The van der Waals surface area contributed by atoms with E-state index in [0.29, 0.717) is 6.42 Å². The number of aliphatic hydroxyl groups excluding tert-OH is 1. The van der Waals surface area contributed by atoms with Crippen LogP contribution in [-0.2, 0) is 12.8 Å². The van der Waals surface area contributed by atoms with Crippen LogP contribution in [0.1, 0.15) is 46.7 Å². The van der Waals surface area contributed by atoms with Crippen molar-refractivity contribution in [1.82, 2.24) is 9.59 Å². The van der Waals surface area contributed by atoms with E-state index in [1.54, 1.807) is 0 Å². The molecule has 0 radical (unpaired) electrons. The molecule has 0 aliphatic carbocycles. The van der Waals surface area contributed by atoms with Crippen molar-refractivity contribution in [2.75, 3.05) is 0 Å². The molecule has 0 amide bonds. The second kappa shape index (κ2) is 6.26. The van der Waals surface area contributed by atoms with Gasteiger partial charge < -0.3 is 5.11 Å². The molecular formula is C15H20N2OS. The summed E-state index contributed by atoms with van der Waals surface area (Å²) in [6, 6.07) is 6.35. The summed E-state index contributed by atoms with van der Waals surface area (Å²) in [4.78, 5) is 0.919. The Morgan fingerprint density at radius 3 is 2.84 bits per heavy atom. The van der Waals surface area contributed by atoms with Gasteiger partial charge in [0.15, 0.2) is 0 Å². The highest BCUT2D eigenvalue weighted by atomic mass is 32.1. The minimum atomic E-state index is -0.498. The molecule has 0 saturated carbocycles. The summed E-state index contributed by atoms with van der Waals surface area (Å²) in [6.07, 6.45) is 2.04. The zero-order chi connectivity index (χ0) is 13.8. The number of rotatable bonds is 5. The molecule has 1 heterocycles. The van der Waals surface area contributed by atoms with Gasteiger partial charge in [-0.05, 0) is 42.9 Å². The third kappa shape index (κ3) is 3.39. The quantitative estimate of drug-likeness (QED) is 0.910. The Labute approximate surface area is 118 Å². The second-order valence-electron chi connectivity index (χ2n) is 4.98. The summed E-state index contributed by atoms with van der Waals surface area (Å²) < 4.78 is 3.98. The highest BCUT2D eigenvalue weighted by molar-refractivity contribution is 7.05. The zero-order valence-electron chi connectivity index (χ0n) is 11.7. The molecule has 4 heteroatoms. The maximum atomic E-state index is 10.4. The average Bonchev–Trinajstić information content (AvgIpc) is 2.82. The first-order valence-electron chi connectivity index (χ1n) is 6.67. The number of hydrogen-bond acceptors (Lipinski definition) is 4. The number of aryl methyl sites for hydroxylation is 3. The zero-order valence-corrected chi connectivity index (χ0v) is 12.5. The van der Waals surface area contributed by atoms with E-state index in [-0.39, 0.29) is 0 Å². The van der Waals surface area contributed by atoms with Crippen LogP contribution in [-0.4, -0.2) is 14.7 Å². The summed E-state index contributed by atoms with van der Waals surface area (Å²) in [5.74, 6) is 0. The lowest BCUT2D eigenvalue weighted by Gasteiger charge is -2.12. The van der Waals surface area contributed by atoms with Crippen LogP contribution in [0.4, 0.5) is 0 Å². The minimum absolute atomic E-state index is 0.498. The highest BCUT2D eigenvalue weighted by Gasteiger charge is 2.17. The van der Waals surface area contributed by atoms with Crippen molar-refractivity contribution in [3.8, 4) is 0 Å². The first-order valence-corrected chi connectivity index (χ1v) is 7.44. The van der Waals surface area contributed by atoms with Crippen LogP contribution < -0.4 is 0 Å². The van der Waals surface area contributed by atoms with Gasteiger partial charge >= 0.3 is 0 Å². The van der Waals surface area contributed by atoms with Gasteiger partial charge in [-0.1, -0.05) is 41.6 Å². The lowest BCUT2D eigenvalue weighted by Crippen LogP contribution is -2.04.